The highest BCUT2D eigenvalue weighted by atomic mass is 19.1. The molecule has 1 N–H and O–H groups in total. The Hall–Kier alpha value is -3.93. The van der Waals surface area contributed by atoms with Gasteiger partial charge in [0, 0.05) is 5.56 Å². The van der Waals surface area contributed by atoms with Gasteiger partial charge in [0.15, 0.2) is 6.10 Å². The van der Waals surface area contributed by atoms with E-state index in [1.165, 1.54) is 25.1 Å². The highest BCUT2D eigenvalue weighted by Crippen LogP contribution is 2.26. The second-order valence-corrected chi connectivity index (χ2v) is 6.68. The first kappa shape index (κ1) is 21.8. The number of hydrogen-bond donors (Lipinski definition) is 1. The number of hydrogen-bond acceptors (Lipinski definition) is 4. The van der Waals surface area contributed by atoms with E-state index in [4.69, 9.17) is 9.47 Å². The van der Waals surface area contributed by atoms with E-state index in [-0.39, 0.29) is 11.3 Å². The summed E-state index contributed by atoms with van der Waals surface area (Å²) in [5.74, 6) is -1.30. The molecule has 0 spiro atoms. The van der Waals surface area contributed by atoms with Crippen molar-refractivity contribution >= 4 is 29.2 Å². The molecule has 0 aliphatic rings. The molecule has 1 amide bonds. The maximum atomic E-state index is 13.8. The fourth-order valence-electron chi connectivity index (χ4n) is 2.89. The molecule has 3 aromatic rings. The number of halogens is 1. The van der Waals surface area contributed by atoms with Gasteiger partial charge in [-0.05, 0) is 36.8 Å². The molecule has 1 atom stereocenters. The lowest BCUT2D eigenvalue weighted by atomic mass is 10.0. The number of amides is 1. The molecule has 6 heteroatoms. The van der Waals surface area contributed by atoms with Crippen LogP contribution in [-0.2, 0) is 14.3 Å². The van der Waals surface area contributed by atoms with Gasteiger partial charge in [-0.15, -0.1) is 0 Å². The van der Waals surface area contributed by atoms with Crippen molar-refractivity contribution in [1.29, 1.82) is 0 Å². The minimum Gasteiger partial charge on any atom is -0.496 e. The zero-order valence-electron chi connectivity index (χ0n) is 17.2. The van der Waals surface area contributed by atoms with Gasteiger partial charge in [0.2, 0.25) is 0 Å². The maximum absolute atomic E-state index is 13.8. The molecule has 0 aromatic heterocycles. The Balaban J connectivity index is 1.84. The molecule has 0 aliphatic heterocycles. The number of carbonyl (C=O) groups is 2. The van der Waals surface area contributed by atoms with E-state index in [2.05, 4.69) is 5.32 Å². The van der Waals surface area contributed by atoms with E-state index in [0.29, 0.717) is 16.9 Å². The number of carbonyl (C=O) groups excluding carboxylic acids is 2. The van der Waals surface area contributed by atoms with Crippen molar-refractivity contribution in [3.63, 3.8) is 0 Å². The number of methoxy groups -OCH3 is 1. The summed E-state index contributed by atoms with van der Waals surface area (Å²) in [6.45, 7) is 1.43. The van der Waals surface area contributed by atoms with Crippen LogP contribution in [0.3, 0.4) is 0 Å². The average Bonchev–Trinajstić information content (AvgIpc) is 2.79. The second kappa shape index (κ2) is 10.2. The minimum atomic E-state index is -1.14. The predicted octanol–water partition coefficient (Wildman–Crippen LogP) is 4.95. The molecule has 0 aliphatic carbocycles. The Kier molecular flexibility index (Phi) is 7.17. The lowest BCUT2D eigenvalue weighted by molar-refractivity contribution is -0.147. The van der Waals surface area contributed by atoms with Gasteiger partial charge < -0.3 is 14.8 Å². The highest BCUT2D eigenvalue weighted by molar-refractivity contribution is 6.22. The third-order valence-electron chi connectivity index (χ3n) is 4.53. The first-order chi connectivity index (χ1) is 15.0. The fraction of sp³-hybridized carbons (Fsp3) is 0.120. The summed E-state index contributed by atoms with van der Waals surface area (Å²) in [7, 11) is 1.54. The standard InChI is InChI=1S/C25H22FNO4/c1-17(24(28)27-22-14-8-7-13-21(22)26)31-25(29)20(18-10-4-3-5-11-18)16-19-12-6-9-15-23(19)30-2/h3-17H,1-2H3,(H,27,28)/b20-16+. The smallest absolute Gasteiger partial charge is 0.339 e. The number of anilines is 1. The van der Waals surface area contributed by atoms with E-state index < -0.39 is 23.8 Å². The topological polar surface area (TPSA) is 64.6 Å². The monoisotopic (exact) mass is 419 g/mol. The zero-order valence-corrected chi connectivity index (χ0v) is 17.2. The van der Waals surface area contributed by atoms with Crippen LogP contribution in [-0.4, -0.2) is 25.1 Å². The minimum absolute atomic E-state index is 0.0169. The van der Waals surface area contributed by atoms with Crippen LogP contribution in [0.25, 0.3) is 11.6 Å². The van der Waals surface area contributed by atoms with E-state index in [1.54, 1.807) is 49.6 Å². The van der Waals surface area contributed by atoms with E-state index in [1.807, 2.05) is 24.3 Å². The summed E-state index contributed by atoms with van der Waals surface area (Å²) in [6.07, 6.45) is 0.509. The molecule has 158 valence electrons. The number of esters is 1. The van der Waals surface area contributed by atoms with Gasteiger partial charge in [-0.3, -0.25) is 4.79 Å². The zero-order chi connectivity index (χ0) is 22.2. The first-order valence-electron chi connectivity index (χ1n) is 9.66. The average molecular weight is 419 g/mol. The molecule has 0 saturated carbocycles. The highest BCUT2D eigenvalue weighted by Gasteiger charge is 2.22. The molecule has 0 radical (unpaired) electrons. The summed E-state index contributed by atoms with van der Waals surface area (Å²) in [5, 5.41) is 2.43. The Morgan fingerprint density at radius 1 is 0.935 bits per heavy atom. The van der Waals surface area contributed by atoms with E-state index in [0.717, 1.165) is 0 Å². The normalized spacial score (nSPS) is 12.0. The summed E-state index contributed by atoms with van der Waals surface area (Å²) in [5.41, 5.74) is 1.59. The van der Waals surface area contributed by atoms with Crippen molar-refractivity contribution in [2.24, 2.45) is 0 Å². The number of rotatable bonds is 7. The van der Waals surface area contributed by atoms with Gasteiger partial charge in [0.05, 0.1) is 18.4 Å². The maximum Gasteiger partial charge on any atom is 0.339 e. The lowest BCUT2D eigenvalue weighted by Crippen LogP contribution is -2.30. The summed E-state index contributed by atoms with van der Waals surface area (Å²) >= 11 is 0. The van der Waals surface area contributed by atoms with Gasteiger partial charge >= 0.3 is 5.97 Å². The Bertz CT molecular complexity index is 1100. The van der Waals surface area contributed by atoms with Crippen LogP contribution >= 0.6 is 0 Å². The van der Waals surface area contributed by atoms with Crippen LogP contribution in [0.15, 0.2) is 78.9 Å². The quantitative estimate of drug-likeness (QED) is 0.335. The third kappa shape index (κ3) is 5.57. The van der Waals surface area contributed by atoms with E-state index >= 15 is 0 Å². The van der Waals surface area contributed by atoms with Crippen LogP contribution in [0.2, 0.25) is 0 Å². The van der Waals surface area contributed by atoms with Crippen molar-refractivity contribution in [2.75, 3.05) is 12.4 Å². The Labute approximate surface area is 180 Å². The number of benzene rings is 3. The molecule has 0 bridgehead atoms. The van der Waals surface area contributed by atoms with Gasteiger partial charge in [-0.25, -0.2) is 9.18 Å². The van der Waals surface area contributed by atoms with Crippen molar-refractivity contribution in [2.45, 2.75) is 13.0 Å². The van der Waals surface area contributed by atoms with Crippen molar-refractivity contribution in [3.05, 3.63) is 95.8 Å². The molecule has 3 aromatic carbocycles. The molecule has 1 unspecified atom stereocenters. The summed E-state index contributed by atoms with van der Waals surface area (Å²) < 4.78 is 24.6. The van der Waals surface area contributed by atoms with Crippen molar-refractivity contribution < 1.29 is 23.5 Å². The molecule has 31 heavy (non-hydrogen) atoms. The van der Waals surface area contributed by atoms with Crippen LogP contribution in [0.5, 0.6) is 5.75 Å². The summed E-state index contributed by atoms with van der Waals surface area (Å²) in [6, 6.07) is 22.0. The first-order valence-corrected chi connectivity index (χ1v) is 9.66. The molecule has 3 rings (SSSR count). The van der Waals surface area contributed by atoms with Crippen molar-refractivity contribution in [1.82, 2.24) is 0 Å². The number of para-hydroxylation sites is 2. The lowest BCUT2D eigenvalue weighted by Gasteiger charge is -2.16. The van der Waals surface area contributed by atoms with Crippen LogP contribution < -0.4 is 10.1 Å². The second-order valence-electron chi connectivity index (χ2n) is 6.68. The van der Waals surface area contributed by atoms with Gasteiger partial charge in [-0.1, -0.05) is 60.7 Å². The Morgan fingerprint density at radius 2 is 1.58 bits per heavy atom. The number of nitrogens with one attached hydrogen (secondary N) is 1. The summed E-state index contributed by atoms with van der Waals surface area (Å²) in [4.78, 5) is 25.4. The van der Waals surface area contributed by atoms with Crippen molar-refractivity contribution in [3.8, 4) is 5.75 Å². The molecule has 0 saturated heterocycles. The van der Waals surface area contributed by atoms with E-state index in [9.17, 15) is 14.0 Å². The van der Waals surface area contributed by atoms with Crippen LogP contribution in [0.1, 0.15) is 18.1 Å². The largest absolute Gasteiger partial charge is 0.496 e. The van der Waals surface area contributed by atoms with Crippen LogP contribution in [0, 0.1) is 5.82 Å². The van der Waals surface area contributed by atoms with Gasteiger partial charge in [0.1, 0.15) is 11.6 Å². The predicted molar refractivity (Wildman–Crippen MR) is 118 cm³/mol. The van der Waals surface area contributed by atoms with Gasteiger partial charge in [0.25, 0.3) is 5.91 Å². The molecule has 5 nitrogen and oxygen atoms in total. The number of ether oxygens (including phenoxy) is 2. The molecular formula is C25H22FNO4. The molecular weight excluding hydrogens is 397 g/mol. The fourth-order valence-corrected chi connectivity index (χ4v) is 2.89. The Morgan fingerprint density at radius 3 is 2.29 bits per heavy atom. The molecule has 0 fully saturated rings. The third-order valence-corrected chi connectivity index (χ3v) is 4.53. The van der Waals surface area contributed by atoms with Gasteiger partial charge in [-0.2, -0.15) is 0 Å². The van der Waals surface area contributed by atoms with Crippen LogP contribution in [0.4, 0.5) is 10.1 Å². The molecule has 0 heterocycles. The SMILES string of the molecule is COc1ccccc1/C=C(/C(=O)OC(C)C(=O)Nc1ccccc1F)c1ccccc1.